The molecule has 0 atom stereocenters. The largest absolute Gasteiger partial charge is 0.444 e. The van der Waals surface area contributed by atoms with E-state index in [4.69, 9.17) is 4.74 Å². The van der Waals surface area contributed by atoms with Gasteiger partial charge in [0.15, 0.2) is 5.65 Å². The van der Waals surface area contributed by atoms with E-state index in [1.807, 2.05) is 25.3 Å². The first-order chi connectivity index (χ1) is 11.9. The maximum atomic E-state index is 12.2. The van der Waals surface area contributed by atoms with Crippen molar-refractivity contribution in [2.75, 3.05) is 13.1 Å². The number of nitrogens with zero attached hydrogens (tertiary/aromatic N) is 4. The summed E-state index contributed by atoms with van der Waals surface area (Å²) in [5, 5.41) is 4.27. The van der Waals surface area contributed by atoms with Crippen LogP contribution in [0.5, 0.6) is 0 Å². The van der Waals surface area contributed by atoms with Crippen molar-refractivity contribution in [2.24, 2.45) is 0 Å². The molecule has 25 heavy (non-hydrogen) atoms. The highest BCUT2D eigenvalue weighted by Crippen LogP contribution is 2.44. The minimum absolute atomic E-state index is 0.239. The number of fused-ring (bicyclic) bond motifs is 1. The van der Waals surface area contributed by atoms with Crippen LogP contribution in [0.25, 0.3) is 11.2 Å². The molecule has 0 unspecified atom stereocenters. The van der Waals surface area contributed by atoms with Gasteiger partial charge < -0.3 is 9.64 Å². The van der Waals surface area contributed by atoms with Gasteiger partial charge in [-0.2, -0.15) is 5.10 Å². The van der Waals surface area contributed by atoms with Gasteiger partial charge in [-0.1, -0.05) is 6.08 Å². The lowest BCUT2D eigenvalue weighted by atomic mass is 9.94. The molecule has 0 aromatic carbocycles. The number of pyridine rings is 1. The van der Waals surface area contributed by atoms with E-state index in [1.54, 1.807) is 11.2 Å². The van der Waals surface area contributed by atoms with Crippen LogP contribution >= 0.6 is 0 Å². The molecule has 1 amide bonds. The van der Waals surface area contributed by atoms with E-state index in [0.717, 1.165) is 12.1 Å². The third kappa shape index (κ3) is 3.38. The van der Waals surface area contributed by atoms with Crippen LogP contribution in [0, 0.1) is 0 Å². The highest BCUT2D eigenvalue weighted by Gasteiger charge is 2.29. The summed E-state index contributed by atoms with van der Waals surface area (Å²) >= 11 is 0. The normalized spacial score (nSPS) is 18.4. The average Bonchev–Trinajstić information content (AvgIpc) is 3.30. The van der Waals surface area contributed by atoms with Crippen molar-refractivity contribution < 1.29 is 9.53 Å². The maximum absolute atomic E-state index is 12.2. The summed E-state index contributed by atoms with van der Waals surface area (Å²) in [6.45, 7) is 6.95. The summed E-state index contributed by atoms with van der Waals surface area (Å²) in [6, 6.07) is 2.17. The van der Waals surface area contributed by atoms with E-state index in [-0.39, 0.29) is 6.09 Å². The zero-order chi connectivity index (χ0) is 17.6. The molecule has 0 N–H and O–H groups in total. The Labute approximate surface area is 147 Å². The Balaban J connectivity index is 1.58. The highest BCUT2D eigenvalue weighted by atomic mass is 16.6. The fraction of sp³-hybridized carbons (Fsp3) is 0.526. The smallest absolute Gasteiger partial charge is 0.410 e. The van der Waals surface area contributed by atoms with E-state index in [0.29, 0.717) is 19.0 Å². The van der Waals surface area contributed by atoms with Crippen LogP contribution in [-0.4, -0.2) is 44.3 Å². The fourth-order valence-corrected chi connectivity index (χ4v) is 3.28. The summed E-state index contributed by atoms with van der Waals surface area (Å²) in [5.41, 5.74) is 4.36. The molecule has 3 heterocycles. The van der Waals surface area contributed by atoms with Crippen molar-refractivity contribution in [3.8, 4) is 0 Å². The molecule has 6 nitrogen and oxygen atoms in total. The fourth-order valence-electron chi connectivity index (χ4n) is 3.28. The molecule has 0 radical (unpaired) electrons. The number of amides is 1. The Hall–Kier alpha value is -2.37. The zero-order valence-electron chi connectivity index (χ0n) is 15.0. The molecule has 132 valence electrons. The quantitative estimate of drug-likeness (QED) is 0.837. The Bertz CT molecular complexity index is 843. The average molecular weight is 340 g/mol. The van der Waals surface area contributed by atoms with Gasteiger partial charge >= 0.3 is 6.09 Å². The lowest BCUT2D eigenvalue weighted by Crippen LogP contribution is -2.39. The predicted molar refractivity (Wildman–Crippen MR) is 95.4 cm³/mol. The number of hydrogen-bond acceptors (Lipinski definition) is 4. The maximum Gasteiger partial charge on any atom is 0.410 e. The van der Waals surface area contributed by atoms with E-state index in [1.165, 1.54) is 29.5 Å². The topological polar surface area (TPSA) is 59.7 Å². The molecule has 1 aliphatic carbocycles. The third-order valence-electron chi connectivity index (χ3n) is 4.67. The minimum atomic E-state index is -0.460. The standard InChI is InChI=1S/C19H24N4O2/c1-19(2,3)25-18(24)22-8-6-14(7-9-22)16-11-23-17(20-12-21-23)10-15(16)13-4-5-13/h6,10-13H,4-5,7-9H2,1-3H3. The van der Waals surface area contributed by atoms with Crippen LogP contribution in [0.3, 0.4) is 0 Å². The van der Waals surface area contributed by atoms with Crippen LogP contribution in [-0.2, 0) is 4.74 Å². The molecule has 6 heteroatoms. The Kier molecular flexibility index (Phi) is 3.78. The summed E-state index contributed by atoms with van der Waals surface area (Å²) in [4.78, 5) is 18.3. The van der Waals surface area contributed by atoms with Gasteiger partial charge in [-0.25, -0.2) is 14.3 Å². The summed E-state index contributed by atoms with van der Waals surface area (Å²) in [7, 11) is 0. The van der Waals surface area contributed by atoms with E-state index < -0.39 is 5.60 Å². The molecule has 2 aromatic heterocycles. The SMILES string of the molecule is CC(C)(C)OC(=O)N1CC=C(c2cn3ncnc3cc2C2CC2)CC1. The van der Waals surface area contributed by atoms with Crippen molar-refractivity contribution in [3.63, 3.8) is 0 Å². The van der Waals surface area contributed by atoms with Crippen molar-refractivity contribution in [1.82, 2.24) is 19.5 Å². The van der Waals surface area contributed by atoms with Gasteiger partial charge in [0.1, 0.15) is 11.9 Å². The number of hydrogen-bond donors (Lipinski definition) is 0. The summed E-state index contributed by atoms with van der Waals surface area (Å²) < 4.78 is 7.31. The van der Waals surface area contributed by atoms with Crippen LogP contribution in [0.2, 0.25) is 0 Å². The second-order valence-corrected chi connectivity index (χ2v) is 7.89. The monoisotopic (exact) mass is 340 g/mol. The van der Waals surface area contributed by atoms with Gasteiger partial charge in [-0.05, 0) is 68.7 Å². The van der Waals surface area contributed by atoms with Gasteiger partial charge in [-0.3, -0.25) is 0 Å². The van der Waals surface area contributed by atoms with Gasteiger partial charge in [0.05, 0.1) is 0 Å². The van der Waals surface area contributed by atoms with Gasteiger partial charge in [-0.15, -0.1) is 0 Å². The van der Waals surface area contributed by atoms with Crippen LogP contribution in [0.1, 0.15) is 57.1 Å². The predicted octanol–water partition coefficient (Wildman–Crippen LogP) is 3.63. The first-order valence-corrected chi connectivity index (χ1v) is 8.91. The molecule has 4 rings (SSSR count). The van der Waals surface area contributed by atoms with Crippen molar-refractivity contribution >= 4 is 17.3 Å². The van der Waals surface area contributed by atoms with Crippen molar-refractivity contribution in [3.05, 3.63) is 35.8 Å². The number of carbonyl (C=O) groups excluding carboxylic acids is 1. The van der Waals surface area contributed by atoms with E-state index in [2.05, 4.69) is 28.4 Å². The van der Waals surface area contributed by atoms with Crippen molar-refractivity contribution in [2.45, 2.75) is 51.6 Å². The number of rotatable bonds is 2. The van der Waals surface area contributed by atoms with Crippen molar-refractivity contribution in [1.29, 1.82) is 0 Å². The van der Waals surface area contributed by atoms with Crippen LogP contribution < -0.4 is 0 Å². The Morgan fingerprint density at radius 3 is 2.76 bits per heavy atom. The molecule has 0 bridgehead atoms. The minimum Gasteiger partial charge on any atom is -0.444 e. The summed E-state index contributed by atoms with van der Waals surface area (Å²) in [6.07, 6.45) is 8.91. The molecule has 2 aliphatic rings. The third-order valence-corrected chi connectivity index (χ3v) is 4.67. The second kappa shape index (κ2) is 5.86. The number of carbonyl (C=O) groups is 1. The Morgan fingerprint density at radius 1 is 1.32 bits per heavy atom. The molecule has 2 aromatic rings. The lowest BCUT2D eigenvalue weighted by Gasteiger charge is -2.30. The molecule has 0 saturated heterocycles. The number of aromatic nitrogens is 3. The summed E-state index contributed by atoms with van der Waals surface area (Å²) in [5.74, 6) is 0.640. The first kappa shape index (κ1) is 16.1. The Morgan fingerprint density at radius 2 is 2.12 bits per heavy atom. The highest BCUT2D eigenvalue weighted by molar-refractivity contribution is 5.74. The molecule has 1 saturated carbocycles. The van der Waals surface area contributed by atoms with Gasteiger partial charge in [0.2, 0.25) is 0 Å². The van der Waals surface area contributed by atoms with E-state index in [9.17, 15) is 4.79 Å². The first-order valence-electron chi connectivity index (χ1n) is 8.91. The molecule has 0 spiro atoms. The van der Waals surface area contributed by atoms with Gasteiger partial charge in [0.25, 0.3) is 0 Å². The molecular weight excluding hydrogens is 316 g/mol. The second-order valence-electron chi connectivity index (χ2n) is 7.89. The van der Waals surface area contributed by atoms with E-state index >= 15 is 0 Å². The van der Waals surface area contributed by atoms with Crippen LogP contribution in [0.4, 0.5) is 4.79 Å². The molecular formula is C19H24N4O2. The van der Waals surface area contributed by atoms with Crippen LogP contribution in [0.15, 0.2) is 24.7 Å². The molecule has 1 aliphatic heterocycles. The molecule has 1 fully saturated rings. The van der Waals surface area contributed by atoms with Gasteiger partial charge in [0, 0.05) is 19.3 Å². The number of ether oxygens (including phenoxy) is 1. The zero-order valence-corrected chi connectivity index (χ0v) is 15.0. The lowest BCUT2D eigenvalue weighted by molar-refractivity contribution is 0.0270.